The van der Waals surface area contributed by atoms with E-state index in [4.69, 9.17) is 4.74 Å². The number of aryl methyl sites for hydroxylation is 1. The molecule has 0 fully saturated rings. The molecule has 0 saturated heterocycles. The van der Waals surface area contributed by atoms with Gasteiger partial charge in [0.1, 0.15) is 10.6 Å². The van der Waals surface area contributed by atoms with E-state index in [1.807, 2.05) is 6.07 Å². The van der Waals surface area contributed by atoms with Crippen molar-refractivity contribution in [3.05, 3.63) is 48.0 Å². The van der Waals surface area contributed by atoms with E-state index in [0.717, 1.165) is 18.4 Å². The zero-order valence-electron chi connectivity index (χ0n) is 18.6. The number of unbranched alkanes of at least 4 members (excludes halogenated alkanes) is 10. The van der Waals surface area contributed by atoms with Gasteiger partial charge in [-0.3, -0.25) is 4.55 Å². The molecule has 0 bridgehead atoms. The topological polar surface area (TPSA) is 83.8 Å². The lowest BCUT2D eigenvalue weighted by molar-refractivity contribution is 0.401. The Kier molecular flexibility index (Phi) is 10.9. The van der Waals surface area contributed by atoms with Crippen LogP contribution >= 0.6 is 0 Å². The fourth-order valence-electron chi connectivity index (χ4n) is 3.66. The average molecular weight is 449 g/mol. The van der Waals surface area contributed by atoms with Gasteiger partial charge in [-0.25, -0.2) is 0 Å². The van der Waals surface area contributed by atoms with Crippen LogP contribution in [0.5, 0.6) is 17.2 Å². The second-order valence-electron chi connectivity index (χ2n) is 8.11. The first-order valence-electron chi connectivity index (χ1n) is 11.5. The van der Waals surface area contributed by atoms with E-state index < -0.39 is 10.1 Å². The summed E-state index contributed by atoms with van der Waals surface area (Å²) in [6.07, 6.45) is 15.0. The molecule has 0 atom stereocenters. The van der Waals surface area contributed by atoms with E-state index in [1.54, 1.807) is 18.2 Å². The zero-order valence-corrected chi connectivity index (χ0v) is 19.4. The van der Waals surface area contributed by atoms with Crippen molar-refractivity contribution in [1.29, 1.82) is 0 Å². The smallest absolute Gasteiger partial charge is 0.298 e. The molecule has 0 aromatic heterocycles. The first-order chi connectivity index (χ1) is 14.9. The highest BCUT2D eigenvalue weighted by atomic mass is 32.2. The molecule has 0 spiro atoms. The number of aromatic hydroxyl groups is 1. The number of hydrogen-bond donors (Lipinski definition) is 2. The van der Waals surface area contributed by atoms with Crippen LogP contribution in [0.15, 0.2) is 47.4 Å². The van der Waals surface area contributed by atoms with Crippen LogP contribution in [0.2, 0.25) is 0 Å². The molecule has 0 heterocycles. The normalized spacial score (nSPS) is 11.5. The molecule has 0 aliphatic rings. The van der Waals surface area contributed by atoms with Crippen molar-refractivity contribution < 1.29 is 22.8 Å². The van der Waals surface area contributed by atoms with Gasteiger partial charge in [0.15, 0.2) is 11.5 Å². The molecule has 2 rings (SSSR count). The van der Waals surface area contributed by atoms with Gasteiger partial charge in [0, 0.05) is 0 Å². The first kappa shape index (κ1) is 25.2. The Hall–Kier alpha value is -2.05. The minimum atomic E-state index is -4.42. The summed E-state index contributed by atoms with van der Waals surface area (Å²) in [6, 6.07) is 10.9. The third-order valence-electron chi connectivity index (χ3n) is 5.44. The SMILES string of the molecule is CCCCCCCCCCCCCc1ccc(O)c(Oc2ccccc2S(=O)(=O)O)c1. The Morgan fingerprint density at radius 3 is 1.97 bits per heavy atom. The molecule has 31 heavy (non-hydrogen) atoms. The quantitative estimate of drug-likeness (QED) is 0.221. The maximum Gasteiger partial charge on any atom is 0.298 e. The predicted octanol–water partition coefficient (Wildman–Crippen LogP) is 7.28. The number of phenolic OH excluding ortho intramolecular Hbond substituents is 1. The first-order valence-corrected chi connectivity index (χ1v) is 12.9. The summed E-state index contributed by atoms with van der Waals surface area (Å²) in [7, 11) is -4.42. The lowest BCUT2D eigenvalue weighted by Gasteiger charge is -2.12. The highest BCUT2D eigenvalue weighted by molar-refractivity contribution is 7.86. The average Bonchev–Trinajstić information content (AvgIpc) is 2.74. The number of phenols is 1. The van der Waals surface area contributed by atoms with Crippen molar-refractivity contribution in [2.75, 3.05) is 0 Å². The Balaban J connectivity index is 1.77. The molecule has 2 aromatic rings. The largest absolute Gasteiger partial charge is 0.504 e. The summed E-state index contributed by atoms with van der Waals surface area (Å²) in [6.45, 7) is 2.24. The van der Waals surface area contributed by atoms with Gasteiger partial charge >= 0.3 is 0 Å². The van der Waals surface area contributed by atoms with Crippen LogP contribution in [-0.4, -0.2) is 18.1 Å². The van der Waals surface area contributed by atoms with Crippen LogP contribution in [0.3, 0.4) is 0 Å². The number of para-hydroxylation sites is 1. The number of rotatable bonds is 15. The third kappa shape index (κ3) is 9.32. The maximum atomic E-state index is 11.5. The van der Waals surface area contributed by atoms with Gasteiger partial charge in [-0.15, -0.1) is 0 Å². The Morgan fingerprint density at radius 2 is 1.35 bits per heavy atom. The minimum Gasteiger partial charge on any atom is -0.504 e. The fraction of sp³-hybridized carbons (Fsp3) is 0.520. The molecule has 6 heteroatoms. The van der Waals surface area contributed by atoms with E-state index in [2.05, 4.69) is 6.92 Å². The van der Waals surface area contributed by atoms with Crippen molar-refractivity contribution in [2.24, 2.45) is 0 Å². The second kappa shape index (κ2) is 13.4. The summed E-state index contributed by atoms with van der Waals surface area (Å²) in [4.78, 5) is -0.329. The predicted molar refractivity (Wildman–Crippen MR) is 125 cm³/mol. The lowest BCUT2D eigenvalue weighted by atomic mass is 10.0. The third-order valence-corrected chi connectivity index (χ3v) is 6.33. The molecule has 5 nitrogen and oxygen atoms in total. The molecule has 0 unspecified atom stereocenters. The van der Waals surface area contributed by atoms with E-state index in [0.29, 0.717) is 0 Å². The standard InChI is InChI=1S/C25H36O5S/c1-2-3-4-5-6-7-8-9-10-11-12-15-21-18-19-22(26)24(20-21)30-23-16-13-14-17-25(23)31(27,28)29/h13-14,16-20,26H,2-12,15H2,1H3,(H,27,28,29). The van der Waals surface area contributed by atoms with Gasteiger partial charge in [0.25, 0.3) is 10.1 Å². The highest BCUT2D eigenvalue weighted by Crippen LogP contribution is 2.35. The molecule has 0 radical (unpaired) electrons. The molecule has 2 N–H and O–H groups in total. The summed E-state index contributed by atoms with van der Waals surface area (Å²) in [5, 5.41) is 10.1. The van der Waals surface area contributed by atoms with Gasteiger partial charge < -0.3 is 9.84 Å². The van der Waals surface area contributed by atoms with Gasteiger partial charge in [-0.1, -0.05) is 89.3 Å². The second-order valence-corrected chi connectivity index (χ2v) is 9.50. The van der Waals surface area contributed by atoms with Gasteiger partial charge in [-0.05, 0) is 42.7 Å². The summed E-state index contributed by atoms with van der Waals surface area (Å²) in [5.74, 6) is 0.0802. The Bertz CT molecular complexity index is 893. The summed E-state index contributed by atoms with van der Waals surface area (Å²) >= 11 is 0. The monoisotopic (exact) mass is 448 g/mol. The van der Waals surface area contributed by atoms with Crippen molar-refractivity contribution in [1.82, 2.24) is 0 Å². The minimum absolute atomic E-state index is 0.0212. The number of hydrogen-bond acceptors (Lipinski definition) is 4. The van der Waals surface area contributed by atoms with Crippen molar-refractivity contribution >= 4 is 10.1 Å². The van der Waals surface area contributed by atoms with E-state index in [-0.39, 0.29) is 22.1 Å². The molecule has 0 amide bonds. The summed E-state index contributed by atoms with van der Waals surface area (Å²) in [5.41, 5.74) is 1.02. The van der Waals surface area contributed by atoms with Gasteiger partial charge in [-0.2, -0.15) is 8.42 Å². The molecule has 2 aromatic carbocycles. The Labute approximate surface area is 187 Å². The van der Waals surface area contributed by atoms with Gasteiger partial charge in [0.05, 0.1) is 0 Å². The maximum absolute atomic E-state index is 11.5. The fourth-order valence-corrected chi connectivity index (χ4v) is 4.27. The molecule has 0 aliphatic carbocycles. The molecule has 0 aliphatic heterocycles. The highest BCUT2D eigenvalue weighted by Gasteiger charge is 2.17. The number of benzene rings is 2. The van der Waals surface area contributed by atoms with Crippen molar-refractivity contribution in [3.8, 4) is 17.2 Å². The Morgan fingerprint density at radius 1 is 0.774 bits per heavy atom. The summed E-state index contributed by atoms with van der Waals surface area (Å²) < 4.78 is 38.1. The molecule has 172 valence electrons. The van der Waals surface area contributed by atoms with E-state index >= 15 is 0 Å². The number of ether oxygens (including phenoxy) is 1. The van der Waals surface area contributed by atoms with Crippen LogP contribution in [0.25, 0.3) is 0 Å². The molecular formula is C25H36O5S. The van der Waals surface area contributed by atoms with Crippen LogP contribution in [0, 0.1) is 0 Å². The van der Waals surface area contributed by atoms with Crippen molar-refractivity contribution in [3.63, 3.8) is 0 Å². The molecular weight excluding hydrogens is 412 g/mol. The van der Waals surface area contributed by atoms with Crippen molar-refractivity contribution in [2.45, 2.75) is 88.9 Å². The van der Waals surface area contributed by atoms with Crippen LogP contribution < -0.4 is 4.74 Å². The van der Waals surface area contributed by atoms with E-state index in [9.17, 15) is 18.1 Å². The van der Waals surface area contributed by atoms with Crippen LogP contribution in [0.4, 0.5) is 0 Å². The lowest BCUT2D eigenvalue weighted by Crippen LogP contribution is -2.01. The van der Waals surface area contributed by atoms with Gasteiger partial charge in [0.2, 0.25) is 0 Å². The van der Waals surface area contributed by atoms with E-state index in [1.165, 1.54) is 82.4 Å². The zero-order chi connectivity index (χ0) is 22.5. The van der Waals surface area contributed by atoms with Crippen LogP contribution in [-0.2, 0) is 16.5 Å². The molecule has 0 saturated carbocycles. The van der Waals surface area contributed by atoms with Crippen LogP contribution in [0.1, 0.15) is 83.1 Å².